The van der Waals surface area contributed by atoms with Gasteiger partial charge < -0.3 is 21.9 Å². The van der Waals surface area contributed by atoms with E-state index in [4.69, 9.17) is 21.9 Å². The number of anilines is 3. The molecule has 6 N–H and O–H groups in total. The Morgan fingerprint density at radius 2 is 1.77 bits per heavy atom. The molecule has 1 saturated heterocycles. The molecule has 0 bridgehead atoms. The fraction of sp³-hybridized carbons (Fsp3) is 0.207. The van der Waals surface area contributed by atoms with Crippen LogP contribution >= 0.6 is 11.3 Å². The lowest BCUT2D eigenvalue weighted by Gasteiger charge is -2.25. The Kier molecular flexibility index (Phi) is 7.97. The molecule has 10 heteroatoms. The zero-order valence-corrected chi connectivity index (χ0v) is 22.2. The summed E-state index contributed by atoms with van der Waals surface area (Å²) in [4.78, 5) is 20.5. The second-order valence-corrected chi connectivity index (χ2v) is 10.1. The average molecular weight is 546 g/mol. The molecule has 1 aliphatic heterocycles. The van der Waals surface area contributed by atoms with Crippen LogP contribution in [0.25, 0.3) is 27.4 Å². The topological polar surface area (TPSA) is 124 Å². The minimum absolute atomic E-state index is 0.107. The summed E-state index contributed by atoms with van der Waals surface area (Å²) in [6.45, 7) is 4.66. The maximum Gasteiger partial charge on any atom is 0.443 e. The third kappa shape index (κ3) is 5.98. The van der Waals surface area contributed by atoms with Crippen LogP contribution in [-0.4, -0.2) is 50.5 Å². The SMILES string of the molecule is Nc1cccc(-c2scc(N)c(=O)[n+]2-c2cc(C=NCCN3CCOCC3)c(N)cc2-c2ccc(F)cc2)c1. The van der Waals surface area contributed by atoms with Crippen molar-refractivity contribution in [3.8, 4) is 27.4 Å². The number of nitrogen functional groups attached to an aromatic ring is 3. The van der Waals surface area contributed by atoms with Crippen LogP contribution in [0, 0.1) is 5.82 Å². The van der Waals surface area contributed by atoms with Gasteiger partial charge in [-0.1, -0.05) is 29.5 Å². The van der Waals surface area contributed by atoms with Gasteiger partial charge in [0.15, 0.2) is 5.69 Å². The van der Waals surface area contributed by atoms with Gasteiger partial charge in [0.1, 0.15) is 5.82 Å². The Hall–Kier alpha value is -4.12. The number of benzene rings is 3. The summed E-state index contributed by atoms with van der Waals surface area (Å²) in [6, 6.07) is 17.0. The number of nitrogens with two attached hydrogens (primary N) is 3. The predicted molar refractivity (Wildman–Crippen MR) is 156 cm³/mol. The van der Waals surface area contributed by atoms with Crippen LogP contribution in [0.4, 0.5) is 21.5 Å². The van der Waals surface area contributed by atoms with Gasteiger partial charge in [-0.05, 0) is 42.0 Å². The molecule has 0 atom stereocenters. The third-order valence-electron chi connectivity index (χ3n) is 6.56. The number of hydrogen-bond acceptors (Lipinski definition) is 8. The van der Waals surface area contributed by atoms with Gasteiger partial charge >= 0.3 is 5.56 Å². The number of hydrogen-bond donors (Lipinski definition) is 3. The molecule has 0 unspecified atom stereocenters. The van der Waals surface area contributed by atoms with Gasteiger partial charge in [-0.25, -0.2) is 9.18 Å². The van der Waals surface area contributed by atoms with E-state index in [2.05, 4.69) is 9.89 Å². The monoisotopic (exact) mass is 545 g/mol. The summed E-state index contributed by atoms with van der Waals surface area (Å²) in [5.74, 6) is -0.360. The molecule has 3 aromatic carbocycles. The minimum atomic E-state index is -0.380. The number of morpholine rings is 1. The molecule has 4 aromatic rings. The summed E-state index contributed by atoms with van der Waals surface area (Å²) in [5.41, 5.74) is 22.8. The van der Waals surface area contributed by atoms with E-state index in [0.29, 0.717) is 45.3 Å². The Labute approximate surface area is 229 Å². The first-order valence-corrected chi connectivity index (χ1v) is 13.5. The first-order chi connectivity index (χ1) is 18.9. The smallest absolute Gasteiger partial charge is 0.399 e. The maximum absolute atomic E-state index is 13.8. The number of aromatic nitrogens is 1. The molecule has 0 radical (unpaired) electrons. The summed E-state index contributed by atoms with van der Waals surface area (Å²) < 4.78 is 20.8. The molecule has 0 spiro atoms. The first-order valence-electron chi connectivity index (χ1n) is 12.6. The van der Waals surface area contributed by atoms with Crippen molar-refractivity contribution in [2.45, 2.75) is 0 Å². The van der Waals surface area contributed by atoms with E-state index < -0.39 is 0 Å². The van der Waals surface area contributed by atoms with Crippen LogP contribution in [0.2, 0.25) is 0 Å². The number of halogens is 1. The Balaban J connectivity index is 1.64. The molecule has 2 heterocycles. The van der Waals surface area contributed by atoms with Crippen LogP contribution in [0.5, 0.6) is 0 Å². The van der Waals surface area contributed by atoms with Crippen LogP contribution in [0.15, 0.2) is 75.8 Å². The molecule has 0 saturated carbocycles. The number of aliphatic imine (C=N–C) groups is 1. The van der Waals surface area contributed by atoms with Crippen molar-refractivity contribution >= 4 is 34.6 Å². The van der Waals surface area contributed by atoms with E-state index in [0.717, 1.165) is 38.4 Å². The van der Waals surface area contributed by atoms with E-state index in [1.165, 1.54) is 23.5 Å². The second-order valence-electron chi connectivity index (χ2n) is 9.26. The summed E-state index contributed by atoms with van der Waals surface area (Å²) in [5, 5.41) is 2.27. The molecule has 1 aliphatic rings. The van der Waals surface area contributed by atoms with Gasteiger partial charge in [-0.2, -0.15) is 0 Å². The summed E-state index contributed by atoms with van der Waals surface area (Å²) >= 11 is 1.33. The van der Waals surface area contributed by atoms with E-state index in [1.54, 1.807) is 46.5 Å². The normalized spacial score (nSPS) is 14.2. The Morgan fingerprint density at radius 3 is 2.51 bits per heavy atom. The third-order valence-corrected chi connectivity index (χ3v) is 7.57. The maximum atomic E-state index is 13.8. The van der Waals surface area contributed by atoms with Crippen LogP contribution in [0.3, 0.4) is 0 Å². The first kappa shape index (κ1) is 26.5. The molecular weight excluding hydrogens is 515 g/mol. The predicted octanol–water partition coefficient (Wildman–Crippen LogP) is 3.36. The lowest BCUT2D eigenvalue weighted by atomic mass is 9.99. The van der Waals surface area contributed by atoms with Crippen molar-refractivity contribution < 1.29 is 13.7 Å². The summed E-state index contributed by atoms with van der Waals surface area (Å²) in [7, 11) is 0. The van der Waals surface area contributed by atoms with Crippen molar-refractivity contribution in [2.24, 2.45) is 4.99 Å². The highest BCUT2D eigenvalue weighted by molar-refractivity contribution is 7.12. The molecule has 1 fully saturated rings. The van der Waals surface area contributed by atoms with Gasteiger partial charge in [-0.3, -0.25) is 9.89 Å². The highest BCUT2D eigenvalue weighted by atomic mass is 32.1. The molecule has 0 aliphatic carbocycles. The van der Waals surface area contributed by atoms with E-state index in [1.807, 2.05) is 18.2 Å². The van der Waals surface area contributed by atoms with E-state index in [-0.39, 0.29) is 17.1 Å². The molecule has 39 heavy (non-hydrogen) atoms. The van der Waals surface area contributed by atoms with Crippen molar-refractivity contribution in [2.75, 3.05) is 56.6 Å². The molecule has 200 valence electrons. The summed E-state index contributed by atoms with van der Waals surface area (Å²) in [6.07, 6.45) is 1.73. The quantitative estimate of drug-likeness (QED) is 0.186. The lowest BCUT2D eigenvalue weighted by molar-refractivity contribution is -0.594. The van der Waals surface area contributed by atoms with Crippen LogP contribution in [-0.2, 0) is 4.74 Å². The van der Waals surface area contributed by atoms with Gasteiger partial charge in [-0.15, -0.1) is 4.57 Å². The minimum Gasteiger partial charge on any atom is -0.399 e. The molecule has 8 nitrogen and oxygen atoms in total. The number of rotatable bonds is 7. The Morgan fingerprint density at radius 1 is 1.00 bits per heavy atom. The molecule has 0 amide bonds. The fourth-order valence-corrected chi connectivity index (χ4v) is 5.39. The van der Waals surface area contributed by atoms with Crippen molar-refractivity contribution in [3.05, 3.63) is 87.8 Å². The highest BCUT2D eigenvalue weighted by Crippen LogP contribution is 2.31. The van der Waals surface area contributed by atoms with Crippen LogP contribution in [0.1, 0.15) is 5.56 Å². The fourth-order valence-electron chi connectivity index (χ4n) is 4.50. The molecule has 5 rings (SSSR count). The van der Waals surface area contributed by atoms with Crippen molar-refractivity contribution in [1.29, 1.82) is 0 Å². The zero-order chi connectivity index (χ0) is 27.4. The van der Waals surface area contributed by atoms with Gasteiger partial charge in [0, 0.05) is 54.2 Å². The van der Waals surface area contributed by atoms with Crippen molar-refractivity contribution in [1.82, 2.24) is 4.90 Å². The van der Waals surface area contributed by atoms with E-state index >= 15 is 0 Å². The molecular formula is C29H30FN6O2S+. The van der Waals surface area contributed by atoms with Crippen LogP contribution < -0.4 is 27.3 Å². The standard InChI is InChI=1S/C29H30FN6O2S/c30-22-6-4-19(5-7-22)24-16-25(32)21(17-34-8-9-35-10-12-38-13-11-35)15-27(24)36-28(37)26(33)18-39-29(36)20-2-1-3-23(31)14-20/h1-7,14-18H,8-13,31-33H2/q+1. The lowest BCUT2D eigenvalue weighted by Crippen LogP contribution is -2.50. The van der Waals surface area contributed by atoms with Gasteiger partial charge in [0.05, 0.1) is 30.9 Å². The number of ether oxygens (including phenoxy) is 1. The zero-order valence-electron chi connectivity index (χ0n) is 21.3. The molecule has 1 aromatic heterocycles. The van der Waals surface area contributed by atoms with Crippen molar-refractivity contribution in [3.63, 3.8) is 0 Å². The highest BCUT2D eigenvalue weighted by Gasteiger charge is 2.27. The average Bonchev–Trinajstić information content (AvgIpc) is 2.94. The van der Waals surface area contributed by atoms with Gasteiger partial charge in [0.25, 0.3) is 5.01 Å². The largest absolute Gasteiger partial charge is 0.443 e. The van der Waals surface area contributed by atoms with Gasteiger partial charge in [0.2, 0.25) is 5.69 Å². The Bertz CT molecular complexity index is 1570. The number of nitrogens with zero attached hydrogens (tertiary/aromatic N) is 3. The van der Waals surface area contributed by atoms with E-state index in [9.17, 15) is 9.18 Å². The second kappa shape index (κ2) is 11.7.